The van der Waals surface area contributed by atoms with Crippen molar-refractivity contribution in [1.29, 1.82) is 0 Å². The van der Waals surface area contributed by atoms with Crippen molar-refractivity contribution in [2.24, 2.45) is 10.9 Å². The zero-order valence-electron chi connectivity index (χ0n) is 17.4. The smallest absolute Gasteiger partial charge is 0.224 e. The van der Waals surface area contributed by atoms with Crippen LogP contribution in [0.4, 0.5) is 0 Å². The summed E-state index contributed by atoms with van der Waals surface area (Å²) in [4.78, 5) is 18.9. The molecule has 1 fully saturated rings. The van der Waals surface area contributed by atoms with E-state index in [9.17, 15) is 4.79 Å². The molecule has 1 atom stereocenters. The Morgan fingerprint density at radius 1 is 1.32 bits per heavy atom. The lowest BCUT2D eigenvalue weighted by molar-refractivity contribution is -0.132. The number of rotatable bonds is 8. The number of halogens is 1. The van der Waals surface area contributed by atoms with Crippen molar-refractivity contribution in [3.8, 4) is 5.75 Å². The molecule has 28 heavy (non-hydrogen) atoms. The standard InChI is InChI=1S/C21H34N4O2.HI/c1-4-22-21(23-13-11-18-9-5-6-10-19(18)27-3)24-14-12-20(26)25-15-7-8-17(2)16-25;/h5-6,9-10,17H,4,7-8,11-16H2,1-3H3,(H2,22,23,24);1H. The number of piperidine rings is 1. The summed E-state index contributed by atoms with van der Waals surface area (Å²) < 4.78 is 5.39. The van der Waals surface area contributed by atoms with Gasteiger partial charge in [0.1, 0.15) is 5.75 Å². The van der Waals surface area contributed by atoms with Crippen LogP contribution in [0.2, 0.25) is 0 Å². The highest BCUT2D eigenvalue weighted by Crippen LogP contribution is 2.17. The fraction of sp³-hybridized carbons (Fsp3) is 0.619. The molecular formula is C21H35IN4O2. The SMILES string of the molecule is CCNC(=NCCC(=O)N1CCCC(C)C1)NCCc1ccccc1OC.I. The van der Waals surface area contributed by atoms with Gasteiger partial charge < -0.3 is 20.3 Å². The third-order valence-corrected chi connectivity index (χ3v) is 4.83. The fourth-order valence-electron chi connectivity index (χ4n) is 3.40. The molecule has 6 nitrogen and oxygen atoms in total. The maximum Gasteiger partial charge on any atom is 0.224 e. The second-order valence-corrected chi connectivity index (χ2v) is 7.09. The molecule has 2 N–H and O–H groups in total. The summed E-state index contributed by atoms with van der Waals surface area (Å²) in [7, 11) is 1.69. The lowest BCUT2D eigenvalue weighted by atomic mass is 10.00. The number of carbonyl (C=O) groups is 1. The van der Waals surface area contributed by atoms with E-state index in [2.05, 4.69) is 28.6 Å². The molecule has 0 aromatic heterocycles. The van der Waals surface area contributed by atoms with Crippen molar-refractivity contribution < 1.29 is 9.53 Å². The van der Waals surface area contributed by atoms with Crippen molar-refractivity contribution in [3.63, 3.8) is 0 Å². The van der Waals surface area contributed by atoms with Gasteiger partial charge in [-0.15, -0.1) is 24.0 Å². The van der Waals surface area contributed by atoms with Crippen molar-refractivity contribution >= 4 is 35.8 Å². The summed E-state index contributed by atoms with van der Waals surface area (Å²) in [6.45, 7) is 8.09. The highest BCUT2D eigenvalue weighted by atomic mass is 127. The summed E-state index contributed by atoms with van der Waals surface area (Å²) >= 11 is 0. The molecular weight excluding hydrogens is 467 g/mol. The van der Waals surface area contributed by atoms with E-state index < -0.39 is 0 Å². The zero-order chi connectivity index (χ0) is 19.5. The first-order valence-electron chi connectivity index (χ1n) is 10.1. The molecule has 1 heterocycles. The lowest BCUT2D eigenvalue weighted by Crippen LogP contribution is -2.40. The number of nitrogens with one attached hydrogen (secondary N) is 2. The number of para-hydroxylation sites is 1. The van der Waals surface area contributed by atoms with E-state index in [0.29, 0.717) is 18.9 Å². The molecule has 1 amide bonds. The molecule has 158 valence electrons. The van der Waals surface area contributed by atoms with E-state index in [4.69, 9.17) is 4.74 Å². The van der Waals surface area contributed by atoms with Crippen LogP contribution in [-0.4, -0.2) is 56.6 Å². The molecule has 1 saturated heterocycles. The molecule has 7 heteroatoms. The van der Waals surface area contributed by atoms with E-state index in [-0.39, 0.29) is 29.9 Å². The van der Waals surface area contributed by atoms with Gasteiger partial charge in [-0.1, -0.05) is 25.1 Å². The highest BCUT2D eigenvalue weighted by Gasteiger charge is 2.20. The molecule has 1 unspecified atom stereocenters. The molecule has 0 saturated carbocycles. The Balaban J connectivity index is 0.00000392. The molecule has 0 spiro atoms. The van der Waals surface area contributed by atoms with Crippen LogP contribution in [0.5, 0.6) is 5.75 Å². The number of guanidine groups is 1. The van der Waals surface area contributed by atoms with Gasteiger partial charge >= 0.3 is 0 Å². The minimum atomic E-state index is 0. The summed E-state index contributed by atoms with van der Waals surface area (Å²) in [5, 5.41) is 6.58. The van der Waals surface area contributed by atoms with Gasteiger partial charge in [0, 0.05) is 32.6 Å². The molecule has 0 bridgehead atoms. The van der Waals surface area contributed by atoms with Gasteiger partial charge in [-0.2, -0.15) is 0 Å². The van der Waals surface area contributed by atoms with Crippen LogP contribution < -0.4 is 15.4 Å². The Hall–Kier alpha value is -1.51. The number of hydrogen-bond donors (Lipinski definition) is 2. The average molecular weight is 502 g/mol. The molecule has 0 radical (unpaired) electrons. The molecule has 1 aliphatic heterocycles. The Kier molecular flexibility index (Phi) is 11.9. The number of hydrogen-bond acceptors (Lipinski definition) is 3. The van der Waals surface area contributed by atoms with Crippen LogP contribution in [0.15, 0.2) is 29.3 Å². The van der Waals surface area contributed by atoms with Crippen LogP contribution in [-0.2, 0) is 11.2 Å². The van der Waals surface area contributed by atoms with Crippen molar-refractivity contribution in [2.45, 2.75) is 39.5 Å². The first-order valence-corrected chi connectivity index (χ1v) is 10.1. The summed E-state index contributed by atoms with van der Waals surface area (Å²) in [5.74, 6) is 2.49. The third kappa shape index (κ3) is 8.24. The first-order chi connectivity index (χ1) is 13.1. The Morgan fingerprint density at radius 2 is 2.11 bits per heavy atom. The van der Waals surface area contributed by atoms with Crippen LogP contribution in [0.3, 0.4) is 0 Å². The van der Waals surface area contributed by atoms with Gasteiger partial charge in [0.15, 0.2) is 5.96 Å². The monoisotopic (exact) mass is 502 g/mol. The number of nitrogens with zero attached hydrogens (tertiary/aromatic N) is 2. The third-order valence-electron chi connectivity index (χ3n) is 4.83. The summed E-state index contributed by atoms with van der Waals surface area (Å²) in [6, 6.07) is 8.04. The van der Waals surface area contributed by atoms with E-state index in [0.717, 1.165) is 56.3 Å². The molecule has 1 aromatic rings. The first kappa shape index (κ1) is 24.5. The number of methoxy groups -OCH3 is 1. The Morgan fingerprint density at radius 3 is 2.82 bits per heavy atom. The minimum absolute atomic E-state index is 0. The molecule has 0 aliphatic carbocycles. The van der Waals surface area contributed by atoms with E-state index in [1.165, 1.54) is 6.42 Å². The second-order valence-electron chi connectivity index (χ2n) is 7.09. The zero-order valence-corrected chi connectivity index (χ0v) is 19.7. The normalized spacial score (nSPS) is 16.9. The fourth-order valence-corrected chi connectivity index (χ4v) is 3.40. The summed E-state index contributed by atoms with van der Waals surface area (Å²) in [6.07, 6.45) is 3.65. The largest absolute Gasteiger partial charge is 0.496 e. The van der Waals surface area contributed by atoms with Gasteiger partial charge in [0.2, 0.25) is 5.91 Å². The number of carbonyl (C=O) groups excluding carboxylic acids is 1. The topological polar surface area (TPSA) is 66.0 Å². The Labute approximate surface area is 186 Å². The molecule has 1 aromatic carbocycles. The predicted octanol–water partition coefficient (Wildman–Crippen LogP) is 3.06. The van der Waals surface area contributed by atoms with Gasteiger partial charge in [0.25, 0.3) is 0 Å². The number of benzene rings is 1. The Bertz CT molecular complexity index is 624. The average Bonchev–Trinajstić information content (AvgIpc) is 2.68. The van der Waals surface area contributed by atoms with Crippen LogP contribution in [0, 0.1) is 5.92 Å². The van der Waals surface area contributed by atoms with Gasteiger partial charge in [0.05, 0.1) is 13.7 Å². The predicted molar refractivity (Wildman–Crippen MR) is 126 cm³/mol. The van der Waals surface area contributed by atoms with Crippen molar-refractivity contribution in [3.05, 3.63) is 29.8 Å². The van der Waals surface area contributed by atoms with Crippen molar-refractivity contribution in [2.75, 3.05) is 39.8 Å². The maximum absolute atomic E-state index is 12.4. The van der Waals surface area contributed by atoms with Gasteiger partial charge in [-0.05, 0) is 43.7 Å². The number of amides is 1. The molecule has 1 aliphatic rings. The van der Waals surface area contributed by atoms with E-state index >= 15 is 0 Å². The van der Waals surface area contributed by atoms with Crippen molar-refractivity contribution in [1.82, 2.24) is 15.5 Å². The second kappa shape index (κ2) is 13.6. The maximum atomic E-state index is 12.4. The summed E-state index contributed by atoms with van der Waals surface area (Å²) in [5.41, 5.74) is 1.16. The van der Waals surface area contributed by atoms with Gasteiger partial charge in [-0.3, -0.25) is 9.79 Å². The molecule has 2 rings (SSSR count). The van der Waals surface area contributed by atoms with Crippen LogP contribution in [0.25, 0.3) is 0 Å². The van der Waals surface area contributed by atoms with Crippen LogP contribution in [0.1, 0.15) is 38.7 Å². The highest BCUT2D eigenvalue weighted by molar-refractivity contribution is 14.0. The van der Waals surface area contributed by atoms with E-state index in [1.807, 2.05) is 30.0 Å². The number of likely N-dealkylation sites (tertiary alicyclic amines) is 1. The quantitative estimate of drug-likeness (QED) is 0.326. The van der Waals surface area contributed by atoms with Crippen LogP contribution >= 0.6 is 24.0 Å². The lowest BCUT2D eigenvalue weighted by Gasteiger charge is -2.30. The number of ether oxygens (including phenoxy) is 1. The minimum Gasteiger partial charge on any atom is -0.496 e. The van der Waals surface area contributed by atoms with E-state index in [1.54, 1.807) is 7.11 Å². The number of aliphatic imine (C=N–C) groups is 1. The van der Waals surface area contributed by atoms with Gasteiger partial charge in [-0.25, -0.2) is 0 Å².